The van der Waals surface area contributed by atoms with Crippen LogP contribution in [0.5, 0.6) is 0 Å². The molecule has 0 aromatic carbocycles. The van der Waals surface area contributed by atoms with Crippen molar-refractivity contribution in [3.63, 3.8) is 0 Å². The molecule has 1 aromatic rings. The monoisotopic (exact) mass is 294 g/mol. The van der Waals surface area contributed by atoms with Gasteiger partial charge >= 0.3 is 0 Å². The van der Waals surface area contributed by atoms with Gasteiger partial charge in [-0.1, -0.05) is 6.92 Å². The Morgan fingerprint density at radius 2 is 2.24 bits per heavy atom. The third kappa shape index (κ3) is 3.44. The van der Waals surface area contributed by atoms with E-state index < -0.39 is 5.60 Å². The molecule has 1 aliphatic rings. The summed E-state index contributed by atoms with van der Waals surface area (Å²) in [5, 5.41) is 0. The molecule has 118 valence electrons. The SMILES string of the molecule is CCc1nc(CN2CCOC(C)(C(=O)N(C)C)C2)c(C)[nH]1. The smallest absolute Gasteiger partial charge is 0.255 e. The van der Waals surface area contributed by atoms with E-state index in [1.807, 2.05) is 13.8 Å². The van der Waals surface area contributed by atoms with Gasteiger partial charge in [-0.05, 0) is 13.8 Å². The fourth-order valence-corrected chi connectivity index (χ4v) is 2.79. The molecule has 1 atom stereocenters. The largest absolute Gasteiger partial charge is 0.363 e. The first-order chi connectivity index (χ1) is 9.85. The highest BCUT2D eigenvalue weighted by Crippen LogP contribution is 2.21. The average molecular weight is 294 g/mol. The molecular formula is C15H26N4O2. The van der Waals surface area contributed by atoms with Crippen LogP contribution < -0.4 is 0 Å². The van der Waals surface area contributed by atoms with Gasteiger partial charge in [0.25, 0.3) is 5.91 Å². The highest BCUT2D eigenvalue weighted by atomic mass is 16.5. The lowest BCUT2D eigenvalue weighted by molar-refractivity contribution is -0.165. The quantitative estimate of drug-likeness (QED) is 0.898. The molecule has 0 bridgehead atoms. The summed E-state index contributed by atoms with van der Waals surface area (Å²) in [7, 11) is 3.53. The van der Waals surface area contributed by atoms with Crippen LogP contribution in [0.3, 0.4) is 0 Å². The first-order valence-corrected chi connectivity index (χ1v) is 7.48. The van der Waals surface area contributed by atoms with Gasteiger partial charge in [0.05, 0.1) is 12.3 Å². The summed E-state index contributed by atoms with van der Waals surface area (Å²) in [4.78, 5) is 24.0. The number of aromatic amines is 1. The van der Waals surface area contributed by atoms with Crippen molar-refractivity contribution in [2.75, 3.05) is 33.8 Å². The molecule has 0 aliphatic carbocycles. The summed E-state index contributed by atoms with van der Waals surface area (Å²) in [6.07, 6.45) is 0.904. The van der Waals surface area contributed by atoms with Gasteiger partial charge in [0, 0.05) is 45.8 Å². The number of ether oxygens (including phenoxy) is 1. The van der Waals surface area contributed by atoms with Crippen molar-refractivity contribution in [2.24, 2.45) is 0 Å². The highest BCUT2D eigenvalue weighted by molar-refractivity contribution is 5.84. The first-order valence-electron chi connectivity index (χ1n) is 7.48. The number of aryl methyl sites for hydroxylation is 2. The normalized spacial score (nSPS) is 23.3. The maximum absolute atomic E-state index is 12.3. The van der Waals surface area contributed by atoms with Crippen LogP contribution in [0.4, 0.5) is 0 Å². The topological polar surface area (TPSA) is 61.5 Å². The number of rotatable bonds is 4. The number of amides is 1. The van der Waals surface area contributed by atoms with E-state index in [-0.39, 0.29) is 5.91 Å². The third-order valence-electron chi connectivity index (χ3n) is 3.95. The average Bonchev–Trinajstić information content (AvgIpc) is 2.78. The Labute approximate surface area is 126 Å². The third-order valence-corrected chi connectivity index (χ3v) is 3.95. The molecule has 1 saturated heterocycles. The van der Waals surface area contributed by atoms with E-state index in [2.05, 4.69) is 21.8 Å². The summed E-state index contributed by atoms with van der Waals surface area (Å²) >= 11 is 0. The minimum Gasteiger partial charge on any atom is -0.363 e. The van der Waals surface area contributed by atoms with E-state index in [0.717, 1.165) is 36.7 Å². The van der Waals surface area contributed by atoms with E-state index >= 15 is 0 Å². The van der Waals surface area contributed by atoms with Crippen LogP contribution in [-0.4, -0.2) is 65.1 Å². The predicted octanol–water partition coefficient (Wildman–Crippen LogP) is 0.960. The van der Waals surface area contributed by atoms with Crippen molar-refractivity contribution < 1.29 is 9.53 Å². The molecule has 1 amide bonds. The summed E-state index contributed by atoms with van der Waals surface area (Å²) in [6, 6.07) is 0. The number of aromatic nitrogens is 2. The Balaban J connectivity index is 2.07. The zero-order valence-corrected chi connectivity index (χ0v) is 13.7. The Bertz CT molecular complexity index is 512. The van der Waals surface area contributed by atoms with Crippen molar-refractivity contribution in [2.45, 2.75) is 39.3 Å². The lowest BCUT2D eigenvalue weighted by atomic mass is 10.0. The number of hydrogen-bond donors (Lipinski definition) is 1. The van der Waals surface area contributed by atoms with Gasteiger partial charge in [0.1, 0.15) is 5.82 Å². The number of nitrogens with one attached hydrogen (secondary N) is 1. The second-order valence-electron chi connectivity index (χ2n) is 6.10. The number of H-pyrrole nitrogens is 1. The molecule has 1 fully saturated rings. The standard InChI is InChI=1S/C15H26N4O2/c1-6-13-16-11(2)12(17-13)9-19-7-8-21-15(3,10-19)14(20)18(4)5/h6-10H2,1-5H3,(H,16,17). The zero-order valence-electron chi connectivity index (χ0n) is 13.7. The van der Waals surface area contributed by atoms with Gasteiger partial charge in [-0.3, -0.25) is 9.69 Å². The van der Waals surface area contributed by atoms with E-state index in [1.54, 1.807) is 19.0 Å². The fourth-order valence-electron chi connectivity index (χ4n) is 2.79. The summed E-state index contributed by atoms with van der Waals surface area (Å²) in [5.41, 5.74) is 1.41. The van der Waals surface area contributed by atoms with Crippen LogP contribution in [0.15, 0.2) is 0 Å². The van der Waals surface area contributed by atoms with E-state index in [4.69, 9.17) is 4.74 Å². The molecule has 1 N–H and O–H groups in total. The molecule has 2 rings (SSSR count). The van der Waals surface area contributed by atoms with E-state index in [0.29, 0.717) is 13.2 Å². The summed E-state index contributed by atoms with van der Waals surface area (Å²) in [6.45, 7) is 8.75. The Morgan fingerprint density at radius 3 is 2.81 bits per heavy atom. The number of carbonyl (C=O) groups is 1. The van der Waals surface area contributed by atoms with Gasteiger partial charge in [0.15, 0.2) is 5.60 Å². The van der Waals surface area contributed by atoms with Crippen molar-refractivity contribution in [3.05, 3.63) is 17.2 Å². The molecule has 0 radical (unpaired) electrons. The van der Waals surface area contributed by atoms with Crippen LogP contribution in [0, 0.1) is 6.92 Å². The zero-order chi connectivity index (χ0) is 15.6. The summed E-state index contributed by atoms with van der Waals surface area (Å²) in [5.74, 6) is 1.03. The second-order valence-corrected chi connectivity index (χ2v) is 6.10. The van der Waals surface area contributed by atoms with E-state index in [9.17, 15) is 4.79 Å². The van der Waals surface area contributed by atoms with Crippen LogP contribution >= 0.6 is 0 Å². The minimum atomic E-state index is -0.764. The molecule has 0 saturated carbocycles. The number of morpholine rings is 1. The van der Waals surface area contributed by atoms with Crippen molar-refractivity contribution in [3.8, 4) is 0 Å². The van der Waals surface area contributed by atoms with Crippen molar-refractivity contribution in [1.29, 1.82) is 0 Å². The number of hydrogen-bond acceptors (Lipinski definition) is 4. The van der Waals surface area contributed by atoms with Crippen LogP contribution in [-0.2, 0) is 22.5 Å². The minimum absolute atomic E-state index is 0.0141. The van der Waals surface area contributed by atoms with Crippen LogP contribution in [0.1, 0.15) is 31.1 Å². The second kappa shape index (κ2) is 6.15. The number of imidazole rings is 1. The molecule has 21 heavy (non-hydrogen) atoms. The molecule has 1 aromatic heterocycles. The molecule has 1 aliphatic heterocycles. The molecule has 0 spiro atoms. The van der Waals surface area contributed by atoms with Crippen LogP contribution in [0.2, 0.25) is 0 Å². The molecular weight excluding hydrogens is 268 g/mol. The van der Waals surface area contributed by atoms with E-state index in [1.165, 1.54) is 0 Å². The fraction of sp³-hybridized carbons (Fsp3) is 0.733. The lowest BCUT2D eigenvalue weighted by Crippen LogP contribution is -2.57. The van der Waals surface area contributed by atoms with Gasteiger partial charge < -0.3 is 14.6 Å². The van der Waals surface area contributed by atoms with Gasteiger partial charge in [-0.2, -0.15) is 0 Å². The number of nitrogens with zero attached hydrogens (tertiary/aromatic N) is 3. The summed E-state index contributed by atoms with van der Waals surface area (Å²) < 4.78 is 5.75. The maximum atomic E-state index is 12.3. The Kier molecular flexibility index (Phi) is 4.68. The Hall–Kier alpha value is -1.40. The predicted molar refractivity (Wildman–Crippen MR) is 81.0 cm³/mol. The van der Waals surface area contributed by atoms with Crippen LogP contribution in [0.25, 0.3) is 0 Å². The number of carbonyl (C=O) groups excluding carboxylic acids is 1. The van der Waals surface area contributed by atoms with Gasteiger partial charge in [-0.15, -0.1) is 0 Å². The van der Waals surface area contributed by atoms with Gasteiger partial charge in [0.2, 0.25) is 0 Å². The molecule has 2 heterocycles. The maximum Gasteiger partial charge on any atom is 0.255 e. The molecule has 6 nitrogen and oxygen atoms in total. The van der Waals surface area contributed by atoms with Crippen molar-refractivity contribution in [1.82, 2.24) is 19.8 Å². The first kappa shape index (κ1) is 16.0. The number of likely N-dealkylation sites (N-methyl/N-ethyl adjacent to an activating group) is 1. The lowest BCUT2D eigenvalue weighted by Gasteiger charge is -2.40. The van der Waals surface area contributed by atoms with Gasteiger partial charge in [-0.25, -0.2) is 4.98 Å². The molecule has 6 heteroatoms. The van der Waals surface area contributed by atoms with Crippen molar-refractivity contribution >= 4 is 5.91 Å². The Morgan fingerprint density at radius 1 is 1.52 bits per heavy atom. The molecule has 1 unspecified atom stereocenters. The highest BCUT2D eigenvalue weighted by Gasteiger charge is 2.40.